The van der Waals surface area contributed by atoms with E-state index >= 15 is 0 Å². The van der Waals surface area contributed by atoms with Crippen LogP contribution in [0, 0.1) is 5.92 Å². The van der Waals surface area contributed by atoms with Crippen LogP contribution in [0.15, 0.2) is 30.3 Å². The van der Waals surface area contributed by atoms with E-state index in [9.17, 15) is 9.59 Å². The Balaban J connectivity index is 2.62. The van der Waals surface area contributed by atoms with Gasteiger partial charge in [-0.25, -0.2) is 0 Å². The van der Waals surface area contributed by atoms with Crippen LogP contribution in [0.3, 0.4) is 0 Å². The van der Waals surface area contributed by atoms with Crippen molar-refractivity contribution in [1.82, 2.24) is 0 Å². The Morgan fingerprint density at radius 1 is 1.04 bits per heavy atom. The molecule has 0 aliphatic heterocycles. The van der Waals surface area contributed by atoms with Gasteiger partial charge in [-0.15, -0.1) is 0 Å². The zero-order chi connectivity index (χ0) is 18.5. The second kappa shape index (κ2) is 13.1. The van der Waals surface area contributed by atoms with Crippen LogP contribution in [0.4, 0.5) is 0 Å². The van der Waals surface area contributed by atoms with Crippen molar-refractivity contribution in [2.24, 2.45) is 5.92 Å². The van der Waals surface area contributed by atoms with Crippen molar-refractivity contribution in [3.63, 3.8) is 0 Å². The predicted octanol–water partition coefficient (Wildman–Crippen LogP) is 4.43. The first kappa shape index (κ1) is 21.9. The topological polar surface area (TPSA) is 52.6 Å². The highest BCUT2D eigenvalue weighted by atomic mass is 32.2. The third-order valence-corrected chi connectivity index (χ3v) is 5.41. The SMILES string of the molecule is CCSCCC(=O)OC(CCSCC)C(C)C(=O)Oc1ccccc1. The summed E-state index contributed by atoms with van der Waals surface area (Å²) in [5.41, 5.74) is 0. The van der Waals surface area contributed by atoms with Gasteiger partial charge in [-0.1, -0.05) is 32.0 Å². The van der Waals surface area contributed by atoms with E-state index in [1.807, 2.05) is 18.2 Å². The van der Waals surface area contributed by atoms with E-state index in [1.54, 1.807) is 42.6 Å². The maximum absolute atomic E-state index is 12.4. The molecule has 0 N–H and O–H groups in total. The number of carbonyl (C=O) groups is 2. The fourth-order valence-electron chi connectivity index (χ4n) is 2.13. The summed E-state index contributed by atoms with van der Waals surface area (Å²) in [7, 11) is 0. The van der Waals surface area contributed by atoms with E-state index in [1.165, 1.54) is 0 Å². The van der Waals surface area contributed by atoms with E-state index in [0.717, 1.165) is 23.0 Å². The van der Waals surface area contributed by atoms with Crippen molar-refractivity contribution in [2.45, 2.75) is 39.7 Å². The Bertz CT molecular complexity index is 507. The van der Waals surface area contributed by atoms with Crippen molar-refractivity contribution in [1.29, 1.82) is 0 Å². The van der Waals surface area contributed by atoms with Crippen molar-refractivity contribution in [2.75, 3.05) is 23.0 Å². The normalized spacial score (nSPS) is 13.1. The average molecular weight is 385 g/mol. The lowest BCUT2D eigenvalue weighted by atomic mass is 10.0. The molecule has 0 amide bonds. The zero-order valence-electron chi connectivity index (χ0n) is 15.2. The number of hydrogen-bond acceptors (Lipinski definition) is 6. The minimum Gasteiger partial charge on any atom is -0.461 e. The maximum Gasteiger partial charge on any atom is 0.317 e. The Hall–Kier alpha value is -1.14. The molecule has 0 saturated carbocycles. The van der Waals surface area contributed by atoms with Crippen LogP contribution in [0.1, 0.15) is 33.6 Å². The molecule has 25 heavy (non-hydrogen) atoms. The predicted molar refractivity (Wildman–Crippen MR) is 106 cm³/mol. The van der Waals surface area contributed by atoms with Crippen molar-refractivity contribution < 1.29 is 19.1 Å². The fraction of sp³-hybridized carbons (Fsp3) is 0.579. The van der Waals surface area contributed by atoms with E-state index in [0.29, 0.717) is 18.6 Å². The highest BCUT2D eigenvalue weighted by molar-refractivity contribution is 7.99. The summed E-state index contributed by atoms with van der Waals surface area (Å²) in [6.07, 6.45) is 0.571. The van der Waals surface area contributed by atoms with Gasteiger partial charge in [-0.05, 0) is 42.7 Å². The molecule has 0 aromatic heterocycles. The third-order valence-electron chi connectivity index (χ3n) is 3.58. The number of carbonyl (C=O) groups excluding carboxylic acids is 2. The smallest absolute Gasteiger partial charge is 0.317 e. The highest BCUT2D eigenvalue weighted by Gasteiger charge is 2.28. The molecule has 0 bridgehead atoms. The first-order valence-corrected chi connectivity index (χ1v) is 11.0. The molecule has 140 valence electrons. The van der Waals surface area contributed by atoms with Gasteiger partial charge in [0.15, 0.2) is 0 Å². The molecule has 0 saturated heterocycles. The second-order valence-corrected chi connectivity index (χ2v) is 8.27. The quantitative estimate of drug-likeness (QED) is 0.302. The summed E-state index contributed by atoms with van der Waals surface area (Å²) >= 11 is 3.48. The van der Waals surface area contributed by atoms with Crippen molar-refractivity contribution in [3.05, 3.63) is 30.3 Å². The summed E-state index contributed by atoms with van der Waals surface area (Å²) in [5.74, 6) is 2.96. The molecule has 1 aromatic carbocycles. The Morgan fingerprint density at radius 3 is 2.32 bits per heavy atom. The molecule has 1 aromatic rings. The first-order valence-electron chi connectivity index (χ1n) is 8.70. The summed E-state index contributed by atoms with van der Waals surface area (Å²) in [6, 6.07) is 8.96. The number of hydrogen-bond donors (Lipinski definition) is 0. The standard InChI is InChI=1S/C19H28O4S2/c1-4-24-13-11-17(23-18(20)12-14-25-5-2)15(3)19(21)22-16-9-7-6-8-10-16/h6-10,15,17H,4-5,11-14H2,1-3H3. The van der Waals surface area contributed by atoms with Crippen LogP contribution in [0.25, 0.3) is 0 Å². The molecule has 2 atom stereocenters. The lowest BCUT2D eigenvalue weighted by Crippen LogP contribution is -2.34. The van der Waals surface area contributed by atoms with Gasteiger partial charge in [0.05, 0.1) is 12.3 Å². The second-order valence-electron chi connectivity index (χ2n) is 5.48. The van der Waals surface area contributed by atoms with Crippen LogP contribution in [0.2, 0.25) is 0 Å². The number of ether oxygens (including phenoxy) is 2. The molecule has 0 radical (unpaired) electrons. The fourth-order valence-corrected chi connectivity index (χ4v) is 3.42. The number of esters is 2. The number of rotatable bonds is 12. The van der Waals surface area contributed by atoms with E-state index in [4.69, 9.17) is 9.47 Å². The maximum atomic E-state index is 12.4. The lowest BCUT2D eigenvalue weighted by molar-refractivity contribution is -0.156. The summed E-state index contributed by atoms with van der Waals surface area (Å²) in [4.78, 5) is 24.5. The zero-order valence-corrected chi connectivity index (χ0v) is 16.9. The van der Waals surface area contributed by atoms with Crippen LogP contribution in [0.5, 0.6) is 5.75 Å². The first-order chi connectivity index (χ1) is 12.1. The Kier molecular flexibility index (Phi) is 11.5. The lowest BCUT2D eigenvalue weighted by Gasteiger charge is -2.23. The number of thioether (sulfide) groups is 2. The minimum absolute atomic E-state index is 0.244. The molecule has 1 rings (SSSR count). The van der Waals surface area contributed by atoms with E-state index in [-0.39, 0.29) is 11.9 Å². The van der Waals surface area contributed by atoms with Crippen LogP contribution < -0.4 is 4.74 Å². The average Bonchev–Trinajstić information content (AvgIpc) is 2.61. The minimum atomic E-state index is -0.500. The van der Waals surface area contributed by atoms with E-state index in [2.05, 4.69) is 13.8 Å². The van der Waals surface area contributed by atoms with Gasteiger partial charge in [-0.2, -0.15) is 23.5 Å². The van der Waals surface area contributed by atoms with Gasteiger partial charge in [0, 0.05) is 5.75 Å². The number of benzene rings is 1. The molecule has 0 aliphatic rings. The molecule has 2 unspecified atom stereocenters. The van der Waals surface area contributed by atoms with Gasteiger partial charge in [-0.3, -0.25) is 9.59 Å². The van der Waals surface area contributed by atoms with Crippen LogP contribution >= 0.6 is 23.5 Å². The van der Waals surface area contributed by atoms with Crippen LogP contribution in [-0.2, 0) is 14.3 Å². The number of para-hydroxylation sites is 1. The van der Waals surface area contributed by atoms with Gasteiger partial charge in [0.25, 0.3) is 0 Å². The summed E-state index contributed by atoms with van der Waals surface area (Å²) in [6.45, 7) is 5.91. The van der Waals surface area contributed by atoms with Gasteiger partial charge in [0.2, 0.25) is 0 Å². The summed E-state index contributed by atoms with van der Waals surface area (Å²) < 4.78 is 11.0. The molecule has 0 fully saturated rings. The van der Waals surface area contributed by atoms with Crippen molar-refractivity contribution >= 4 is 35.5 Å². The Morgan fingerprint density at radius 2 is 1.68 bits per heavy atom. The van der Waals surface area contributed by atoms with Crippen molar-refractivity contribution in [3.8, 4) is 5.75 Å². The molecular formula is C19H28O4S2. The van der Waals surface area contributed by atoms with Crippen LogP contribution in [-0.4, -0.2) is 41.1 Å². The molecule has 0 aliphatic carbocycles. The molecule has 0 heterocycles. The van der Waals surface area contributed by atoms with E-state index < -0.39 is 12.0 Å². The molecule has 6 heteroatoms. The van der Waals surface area contributed by atoms with Gasteiger partial charge >= 0.3 is 11.9 Å². The monoisotopic (exact) mass is 384 g/mol. The largest absolute Gasteiger partial charge is 0.461 e. The molecule has 4 nitrogen and oxygen atoms in total. The third kappa shape index (κ3) is 9.21. The van der Waals surface area contributed by atoms with Gasteiger partial charge < -0.3 is 9.47 Å². The molecule has 0 spiro atoms. The van der Waals surface area contributed by atoms with Gasteiger partial charge in [0.1, 0.15) is 11.9 Å². The highest BCUT2D eigenvalue weighted by Crippen LogP contribution is 2.20. The molecular weight excluding hydrogens is 356 g/mol. The Labute approximate surface area is 159 Å². The summed E-state index contributed by atoms with van der Waals surface area (Å²) in [5, 5.41) is 0.